The molecule has 3 rings (SSSR count). The number of rotatable bonds is 5. The summed E-state index contributed by atoms with van der Waals surface area (Å²) >= 11 is 0. The minimum atomic E-state index is -0.485. The Hall–Kier alpha value is -2.82. The number of ether oxygens (including phenoxy) is 2. The smallest absolute Gasteiger partial charge is 0.339 e. The third-order valence-corrected chi connectivity index (χ3v) is 4.65. The van der Waals surface area contributed by atoms with Crippen LogP contribution in [0.3, 0.4) is 0 Å². The highest BCUT2D eigenvalue weighted by atomic mass is 16.5. The number of hydrogen-bond donors (Lipinski definition) is 1. The van der Waals surface area contributed by atoms with Gasteiger partial charge in [-0.3, -0.25) is 4.79 Å². The molecule has 0 aliphatic heterocycles. The van der Waals surface area contributed by atoms with Gasteiger partial charge in [0.05, 0.1) is 12.7 Å². The number of esters is 1. The summed E-state index contributed by atoms with van der Waals surface area (Å²) in [4.78, 5) is 25.6. The van der Waals surface area contributed by atoms with Gasteiger partial charge in [-0.1, -0.05) is 6.42 Å². The molecule has 5 nitrogen and oxygen atoms in total. The molecule has 0 spiro atoms. The first-order valence-corrected chi connectivity index (χ1v) is 8.81. The van der Waals surface area contributed by atoms with Crippen LogP contribution in [0.2, 0.25) is 0 Å². The van der Waals surface area contributed by atoms with Crippen molar-refractivity contribution in [1.29, 1.82) is 0 Å². The second-order valence-electron chi connectivity index (χ2n) is 6.45. The van der Waals surface area contributed by atoms with Crippen molar-refractivity contribution in [2.45, 2.75) is 38.2 Å². The molecule has 1 N–H and O–H groups in total. The first-order chi connectivity index (χ1) is 12.6. The van der Waals surface area contributed by atoms with Crippen molar-refractivity contribution in [2.75, 3.05) is 7.11 Å². The topological polar surface area (TPSA) is 72.8 Å². The van der Waals surface area contributed by atoms with E-state index in [9.17, 15) is 14.7 Å². The minimum absolute atomic E-state index is 0.0733. The average Bonchev–Trinajstić information content (AvgIpc) is 2.68. The Kier molecular flexibility index (Phi) is 5.56. The largest absolute Gasteiger partial charge is 0.508 e. The predicted octanol–water partition coefficient (Wildman–Crippen LogP) is 4.12. The van der Waals surface area contributed by atoms with Crippen molar-refractivity contribution < 1.29 is 24.2 Å². The second kappa shape index (κ2) is 8.04. The zero-order valence-electron chi connectivity index (χ0n) is 14.7. The van der Waals surface area contributed by atoms with Crippen LogP contribution in [0.4, 0.5) is 0 Å². The Bertz CT molecular complexity index is 789. The molecule has 0 heterocycles. The van der Waals surface area contributed by atoms with Gasteiger partial charge in [-0.25, -0.2) is 4.79 Å². The van der Waals surface area contributed by atoms with Crippen molar-refractivity contribution in [3.63, 3.8) is 0 Å². The zero-order valence-corrected chi connectivity index (χ0v) is 14.7. The Balaban J connectivity index is 1.90. The van der Waals surface area contributed by atoms with E-state index in [1.54, 1.807) is 18.2 Å². The molecule has 1 fully saturated rings. The van der Waals surface area contributed by atoms with Crippen molar-refractivity contribution in [1.82, 2.24) is 0 Å². The summed E-state index contributed by atoms with van der Waals surface area (Å²) < 4.78 is 10.8. The number of phenolic OH excluding ortho intramolecular Hbond substituents is 1. The van der Waals surface area contributed by atoms with Crippen molar-refractivity contribution in [3.8, 4) is 11.5 Å². The normalized spacial score (nSPS) is 14.7. The molecule has 0 saturated heterocycles. The maximum absolute atomic E-state index is 12.9. The van der Waals surface area contributed by atoms with Crippen molar-refractivity contribution >= 4 is 11.8 Å². The van der Waals surface area contributed by atoms with Crippen LogP contribution in [0, 0.1) is 0 Å². The van der Waals surface area contributed by atoms with E-state index < -0.39 is 5.97 Å². The van der Waals surface area contributed by atoms with Gasteiger partial charge in [0.25, 0.3) is 0 Å². The molecular weight excluding hydrogens is 332 g/mol. The molecule has 0 bridgehead atoms. The van der Waals surface area contributed by atoms with Gasteiger partial charge in [-0.05, 0) is 68.1 Å². The second-order valence-corrected chi connectivity index (χ2v) is 6.45. The number of methoxy groups -OCH3 is 1. The number of hydrogen-bond acceptors (Lipinski definition) is 5. The molecule has 0 atom stereocenters. The molecule has 2 aromatic rings. The number of carbonyl (C=O) groups excluding carboxylic acids is 2. The fourth-order valence-corrected chi connectivity index (χ4v) is 3.18. The van der Waals surface area contributed by atoms with Gasteiger partial charge in [-0.2, -0.15) is 0 Å². The lowest BCUT2D eigenvalue weighted by atomic mass is 9.96. The highest BCUT2D eigenvalue weighted by molar-refractivity contribution is 6.14. The number of phenols is 1. The van der Waals surface area contributed by atoms with E-state index in [4.69, 9.17) is 9.47 Å². The molecule has 26 heavy (non-hydrogen) atoms. The molecular formula is C21H22O5. The van der Waals surface area contributed by atoms with Crippen molar-refractivity contribution in [2.24, 2.45) is 0 Å². The molecule has 0 unspecified atom stereocenters. The fraction of sp³-hybridized carbons (Fsp3) is 0.333. The summed E-state index contributed by atoms with van der Waals surface area (Å²) in [7, 11) is 1.50. The first-order valence-electron chi connectivity index (χ1n) is 8.81. The lowest BCUT2D eigenvalue weighted by Crippen LogP contribution is -2.22. The monoisotopic (exact) mass is 354 g/mol. The number of aromatic hydroxyl groups is 1. The summed E-state index contributed by atoms with van der Waals surface area (Å²) in [5.74, 6) is -0.244. The van der Waals surface area contributed by atoms with Crippen LogP contribution in [-0.2, 0) is 4.74 Å². The van der Waals surface area contributed by atoms with Gasteiger partial charge < -0.3 is 14.6 Å². The molecule has 0 amide bonds. The summed E-state index contributed by atoms with van der Waals surface area (Å²) in [6.07, 6.45) is 4.92. The van der Waals surface area contributed by atoms with Crippen LogP contribution in [0.25, 0.3) is 0 Å². The SMILES string of the molecule is COc1ccc(C(=O)OC2CCCCC2)c(C(=O)c2ccc(O)cc2)c1. The highest BCUT2D eigenvalue weighted by Gasteiger charge is 2.24. The fourth-order valence-electron chi connectivity index (χ4n) is 3.18. The molecule has 1 saturated carbocycles. The van der Waals surface area contributed by atoms with E-state index in [1.807, 2.05) is 0 Å². The van der Waals surface area contributed by atoms with Crippen LogP contribution in [0.15, 0.2) is 42.5 Å². The standard InChI is InChI=1S/C21H22O5/c1-25-17-11-12-18(21(24)26-16-5-3-2-4-6-16)19(13-17)20(23)14-7-9-15(22)10-8-14/h7-13,16,22H,2-6H2,1H3. The van der Waals surface area contributed by atoms with Gasteiger partial charge in [0.1, 0.15) is 17.6 Å². The van der Waals surface area contributed by atoms with Crippen LogP contribution >= 0.6 is 0 Å². The van der Waals surface area contributed by atoms with E-state index in [0.717, 1.165) is 25.7 Å². The maximum Gasteiger partial charge on any atom is 0.339 e. The maximum atomic E-state index is 12.9. The summed E-state index contributed by atoms with van der Waals surface area (Å²) in [5.41, 5.74) is 0.841. The van der Waals surface area contributed by atoms with E-state index in [-0.39, 0.29) is 28.8 Å². The van der Waals surface area contributed by atoms with Crippen molar-refractivity contribution in [3.05, 3.63) is 59.2 Å². The minimum Gasteiger partial charge on any atom is -0.508 e. The molecule has 136 valence electrons. The van der Waals surface area contributed by atoms with E-state index in [0.29, 0.717) is 11.3 Å². The molecule has 2 aromatic carbocycles. The van der Waals surface area contributed by atoms with Gasteiger partial charge in [0, 0.05) is 11.1 Å². The van der Waals surface area contributed by atoms with Gasteiger partial charge in [0.2, 0.25) is 0 Å². The van der Waals surface area contributed by atoms with Gasteiger partial charge in [0.15, 0.2) is 5.78 Å². The average molecular weight is 354 g/mol. The lowest BCUT2D eigenvalue weighted by Gasteiger charge is -2.22. The van der Waals surface area contributed by atoms with E-state index in [2.05, 4.69) is 0 Å². The van der Waals surface area contributed by atoms with Gasteiger partial charge >= 0.3 is 5.97 Å². The highest BCUT2D eigenvalue weighted by Crippen LogP contribution is 2.25. The molecule has 0 aromatic heterocycles. The Morgan fingerprint density at radius 1 is 0.962 bits per heavy atom. The van der Waals surface area contributed by atoms with Crippen LogP contribution in [0.5, 0.6) is 11.5 Å². The van der Waals surface area contributed by atoms with E-state index >= 15 is 0 Å². The third kappa shape index (κ3) is 4.04. The van der Waals surface area contributed by atoms with Crippen LogP contribution in [-0.4, -0.2) is 30.1 Å². The van der Waals surface area contributed by atoms with Crippen LogP contribution < -0.4 is 4.74 Å². The first kappa shape index (κ1) is 18.0. The number of carbonyl (C=O) groups is 2. The Morgan fingerprint density at radius 2 is 1.65 bits per heavy atom. The molecule has 0 radical (unpaired) electrons. The number of ketones is 1. The summed E-state index contributed by atoms with van der Waals surface area (Å²) in [6.45, 7) is 0. The molecule has 1 aliphatic carbocycles. The lowest BCUT2D eigenvalue weighted by molar-refractivity contribution is 0.0209. The zero-order chi connectivity index (χ0) is 18.5. The summed E-state index contributed by atoms with van der Waals surface area (Å²) in [6, 6.07) is 10.7. The molecule has 5 heteroatoms. The molecule has 1 aliphatic rings. The van der Waals surface area contributed by atoms with E-state index in [1.165, 1.54) is 37.8 Å². The number of benzene rings is 2. The van der Waals surface area contributed by atoms with Crippen LogP contribution in [0.1, 0.15) is 58.4 Å². The third-order valence-electron chi connectivity index (χ3n) is 4.65. The quantitative estimate of drug-likeness (QED) is 0.646. The van der Waals surface area contributed by atoms with Gasteiger partial charge in [-0.15, -0.1) is 0 Å². The summed E-state index contributed by atoms with van der Waals surface area (Å²) in [5, 5.41) is 9.41. The predicted molar refractivity (Wildman–Crippen MR) is 96.8 cm³/mol. The Labute approximate surface area is 152 Å². The Morgan fingerprint density at radius 3 is 2.31 bits per heavy atom.